The van der Waals surface area contributed by atoms with E-state index >= 15 is 0 Å². The number of carbonyl (C=O) groups excluding carboxylic acids is 1. The standard InChI is InChI=1S/C10H14N2O3/c1-15-10(14)7-8(13)6-4-2-3-5-12(6)9(7)11/h13H,2-5,11H2,1H3. The van der Waals surface area contributed by atoms with Crippen LogP contribution in [0.15, 0.2) is 0 Å². The average molecular weight is 210 g/mol. The van der Waals surface area contributed by atoms with Crippen LogP contribution in [0.25, 0.3) is 0 Å². The molecule has 5 heteroatoms. The first-order chi connectivity index (χ1) is 7.16. The van der Waals surface area contributed by atoms with E-state index in [1.54, 1.807) is 4.57 Å². The van der Waals surface area contributed by atoms with E-state index in [9.17, 15) is 9.90 Å². The molecule has 0 aliphatic carbocycles. The highest BCUT2D eigenvalue weighted by Gasteiger charge is 2.27. The monoisotopic (exact) mass is 210 g/mol. The molecule has 5 nitrogen and oxygen atoms in total. The molecular weight excluding hydrogens is 196 g/mol. The molecule has 0 fully saturated rings. The lowest BCUT2D eigenvalue weighted by atomic mass is 10.1. The number of carbonyl (C=O) groups is 1. The van der Waals surface area contributed by atoms with Crippen molar-refractivity contribution in [1.29, 1.82) is 0 Å². The van der Waals surface area contributed by atoms with Crippen LogP contribution in [0.5, 0.6) is 5.75 Å². The molecule has 0 amide bonds. The van der Waals surface area contributed by atoms with Crippen LogP contribution in [0.4, 0.5) is 5.82 Å². The molecule has 1 aromatic heterocycles. The molecule has 0 saturated carbocycles. The van der Waals surface area contributed by atoms with Gasteiger partial charge in [-0.2, -0.15) is 0 Å². The van der Waals surface area contributed by atoms with Gasteiger partial charge in [0.05, 0.1) is 12.8 Å². The molecule has 2 rings (SSSR count). The largest absolute Gasteiger partial charge is 0.505 e. The molecule has 2 heterocycles. The molecule has 1 aliphatic heterocycles. The third kappa shape index (κ3) is 1.35. The smallest absolute Gasteiger partial charge is 0.345 e. The fourth-order valence-corrected chi connectivity index (χ4v) is 2.05. The van der Waals surface area contributed by atoms with Crippen molar-refractivity contribution in [3.05, 3.63) is 11.3 Å². The number of anilines is 1. The third-order valence-corrected chi connectivity index (χ3v) is 2.82. The minimum atomic E-state index is -0.577. The first-order valence-electron chi connectivity index (χ1n) is 4.95. The van der Waals surface area contributed by atoms with Gasteiger partial charge in [0.2, 0.25) is 0 Å². The van der Waals surface area contributed by atoms with Crippen molar-refractivity contribution in [3.8, 4) is 5.75 Å². The minimum absolute atomic E-state index is 0.0148. The minimum Gasteiger partial charge on any atom is -0.505 e. The number of ether oxygens (including phenoxy) is 1. The van der Waals surface area contributed by atoms with Crippen LogP contribution in [0.1, 0.15) is 28.9 Å². The van der Waals surface area contributed by atoms with Crippen molar-refractivity contribution in [2.45, 2.75) is 25.8 Å². The van der Waals surface area contributed by atoms with Gasteiger partial charge in [-0.15, -0.1) is 0 Å². The second kappa shape index (κ2) is 3.49. The SMILES string of the molecule is COC(=O)c1c(O)c2n(c1N)CCCC2. The van der Waals surface area contributed by atoms with Crippen LogP contribution in [-0.2, 0) is 17.7 Å². The zero-order chi connectivity index (χ0) is 11.0. The predicted octanol–water partition coefficient (Wildman–Crippen LogP) is 0.899. The van der Waals surface area contributed by atoms with Crippen LogP contribution in [-0.4, -0.2) is 22.8 Å². The summed E-state index contributed by atoms with van der Waals surface area (Å²) >= 11 is 0. The summed E-state index contributed by atoms with van der Waals surface area (Å²) in [5.41, 5.74) is 6.66. The van der Waals surface area contributed by atoms with Crippen molar-refractivity contribution >= 4 is 11.8 Å². The zero-order valence-corrected chi connectivity index (χ0v) is 8.62. The number of nitrogens with two attached hydrogens (primary N) is 1. The summed E-state index contributed by atoms with van der Waals surface area (Å²) in [4.78, 5) is 11.4. The fraction of sp³-hybridized carbons (Fsp3) is 0.500. The molecule has 0 radical (unpaired) electrons. The summed E-state index contributed by atoms with van der Waals surface area (Å²) in [6, 6.07) is 0. The number of hydrogen-bond donors (Lipinski definition) is 2. The normalized spacial score (nSPS) is 14.7. The Balaban J connectivity index is 2.56. The lowest BCUT2D eigenvalue weighted by molar-refractivity contribution is 0.0599. The second-order valence-corrected chi connectivity index (χ2v) is 3.66. The lowest BCUT2D eigenvalue weighted by Gasteiger charge is -2.15. The molecule has 82 valence electrons. The Morgan fingerprint density at radius 1 is 1.53 bits per heavy atom. The Hall–Kier alpha value is -1.65. The molecule has 1 aromatic rings. The summed E-state index contributed by atoms with van der Waals surface area (Å²) < 4.78 is 6.38. The Labute approximate surface area is 87.4 Å². The number of aromatic hydroxyl groups is 1. The number of methoxy groups -OCH3 is 1. The van der Waals surface area contributed by atoms with E-state index < -0.39 is 5.97 Å². The van der Waals surface area contributed by atoms with Crippen molar-refractivity contribution < 1.29 is 14.6 Å². The third-order valence-electron chi connectivity index (χ3n) is 2.82. The highest BCUT2D eigenvalue weighted by Crippen LogP contribution is 2.35. The maximum Gasteiger partial charge on any atom is 0.345 e. The van der Waals surface area contributed by atoms with Crippen molar-refractivity contribution in [3.63, 3.8) is 0 Å². The summed E-state index contributed by atoms with van der Waals surface area (Å²) in [6.45, 7) is 0.756. The summed E-state index contributed by atoms with van der Waals surface area (Å²) in [7, 11) is 1.28. The fourth-order valence-electron chi connectivity index (χ4n) is 2.05. The Bertz CT molecular complexity index is 380. The van der Waals surface area contributed by atoms with Crippen molar-refractivity contribution in [1.82, 2.24) is 4.57 Å². The van der Waals surface area contributed by atoms with Crippen LogP contribution in [0.2, 0.25) is 0 Å². The highest BCUT2D eigenvalue weighted by atomic mass is 16.5. The molecule has 1 aliphatic rings. The van der Waals surface area contributed by atoms with Gasteiger partial charge in [-0.05, 0) is 19.3 Å². The van der Waals surface area contributed by atoms with Gasteiger partial charge in [-0.25, -0.2) is 4.79 Å². The van der Waals surface area contributed by atoms with Crippen molar-refractivity contribution in [2.24, 2.45) is 0 Å². The van der Waals surface area contributed by atoms with E-state index in [2.05, 4.69) is 4.74 Å². The number of fused-ring (bicyclic) bond motifs is 1. The predicted molar refractivity (Wildman–Crippen MR) is 54.8 cm³/mol. The lowest BCUT2D eigenvalue weighted by Crippen LogP contribution is -2.12. The summed E-state index contributed by atoms with van der Waals surface area (Å²) in [5, 5.41) is 9.86. The number of nitrogen functional groups attached to an aromatic ring is 1. The van der Waals surface area contributed by atoms with Gasteiger partial charge in [-0.1, -0.05) is 0 Å². The van der Waals surface area contributed by atoms with Crippen LogP contribution in [0.3, 0.4) is 0 Å². The zero-order valence-electron chi connectivity index (χ0n) is 8.62. The maximum absolute atomic E-state index is 11.4. The maximum atomic E-state index is 11.4. The molecular formula is C10H14N2O3. The van der Waals surface area contributed by atoms with E-state index in [1.165, 1.54) is 7.11 Å². The highest BCUT2D eigenvalue weighted by molar-refractivity contribution is 5.98. The van der Waals surface area contributed by atoms with Crippen LogP contribution in [0, 0.1) is 0 Å². The van der Waals surface area contributed by atoms with Gasteiger partial charge in [0.25, 0.3) is 0 Å². The number of esters is 1. The number of hydrogen-bond acceptors (Lipinski definition) is 4. The average Bonchev–Trinajstić information content (AvgIpc) is 2.52. The molecule has 0 unspecified atom stereocenters. The van der Waals surface area contributed by atoms with Gasteiger partial charge in [0.1, 0.15) is 11.4 Å². The van der Waals surface area contributed by atoms with Gasteiger partial charge < -0.3 is 20.1 Å². The van der Waals surface area contributed by atoms with Gasteiger partial charge in [0, 0.05) is 6.54 Å². The van der Waals surface area contributed by atoms with Gasteiger partial charge in [-0.3, -0.25) is 0 Å². The molecule has 3 N–H and O–H groups in total. The first kappa shape index (κ1) is 9.89. The van der Waals surface area contributed by atoms with Crippen molar-refractivity contribution in [2.75, 3.05) is 12.8 Å². The molecule has 0 saturated heterocycles. The van der Waals surface area contributed by atoms with E-state index in [4.69, 9.17) is 5.73 Å². The first-order valence-corrected chi connectivity index (χ1v) is 4.95. The van der Waals surface area contributed by atoms with E-state index in [1.807, 2.05) is 0 Å². The van der Waals surface area contributed by atoms with Gasteiger partial charge in [0.15, 0.2) is 5.75 Å². The second-order valence-electron chi connectivity index (χ2n) is 3.66. The molecule has 15 heavy (non-hydrogen) atoms. The Morgan fingerprint density at radius 3 is 2.87 bits per heavy atom. The van der Waals surface area contributed by atoms with Crippen LogP contribution >= 0.6 is 0 Å². The summed E-state index contributed by atoms with van der Waals surface area (Å²) in [5.74, 6) is -0.278. The van der Waals surface area contributed by atoms with Gasteiger partial charge >= 0.3 is 5.97 Å². The van der Waals surface area contributed by atoms with Crippen LogP contribution < -0.4 is 5.73 Å². The molecule has 0 aromatic carbocycles. The quantitative estimate of drug-likeness (QED) is 0.675. The number of aromatic nitrogens is 1. The topological polar surface area (TPSA) is 77.5 Å². The van der Waals surface area contributed by atoms with E-state index in [0.29, 0.717) is 5.82 Å². The Kier molecular flexibility index (Phi) is 2.30. The molecule has 0 atom stereocenters. The number of rotatable bonds is 1. The number of nitrogens with zero attached hydrogens (tertiary/aromatic N) is 1. The Morgan fingerprint density at radius 2 is 2.27 bits per heavy atom. The van der Waals surface area contributed by atoms with E-state index in [-0.39, 0.29) is 11.3 Å². The summed E-state index contributed by atoms with van der Waals surface area (Å²) in [6.07, 6.45) is 2.79. The molecule has 0 spiro atoms. The molecule has 0 bridgehead atoms. The van der Waals surface area contributed by atoms with E-state index in [0.717, 1.165) is 31.5 Å².